The molecule has 1 atom stereocenters. The molecular weight excluding hydrogens is 236 g/mol. The summed E-state index contributed by atoms with van der Waals surface area (Å²) in [5.41, 5.74) is 0.454. The van der Waals surface area contributed by atoms with Crippen LogP contribution in [-0.2, 0) is 4.84 Å². The van der Waals surface area contributed by atoms with Gasteiger partial charge in [-0.2, -0.15) is 0 Å². The third kappa shape index (κ3) is 3.90. The van der Waals surface area contributed by atoms with Gasteiger partial charge in [0.1, 0.15) is 11.5 Å². The second-order valence-electron chi connectivity index (χ2n) is 3.76. The number of nitrogens with two attached hydrogens (primary N) is 1. The van der Waals surface area contributed by atoms with E-state index in [9.17, 15) is 4.79 Å². The highest BCUT2D eigenvalue weighted by Gasteiger charge is 2.10. The lowest BCUT2D eigenvalue weighted by Gasteiger charge is -2.11. The highest BCUT2D eigenvalue weighted by molar-refractivity contribution is 5.95. The van der Waals surface area contributed by atoms with Crippen LogP contribution in [0.3, 0.4) is 0 Å². The van der Waals surface area contributed by atoms with Crippen molar-refractivity contribution in [3.63, 3.8) is 0 Å². The number of rotatable bonds is 6. The van der Waals surface area contributed by atoms with E-state index < -0.39 is 0 Å². The minimum Gasteiger partial charge on any atom is -0.497 e. The second kappa shape index (κ2) is 6.83. The molecule has 0 bridgehead atoms. The number of hydrogen-bond acceptors (Lipinski definition) is 5. The summed E-state index contributed by atoms with van der Waals surface area (Å²) in [7, 11) is 3.06. The summed E-state index contributed by atoms with van der Waals surface area (Å²) in [4.78, 5) is 16.4. The number of carbonyl (C=O) groups is 1. The van der Waals surface area contributed by atoms with Crippen LogP contribution in [0.25, 0.3) is 0 Å². The fourth-order valence-electron chi connectivity index (χ4n) is 1.33. The summed E-state index contributed by atoms with van der Waals surface area (Å²) in [6.45, 7) is 2.08. The Morgan fingerprint density at radius 3 is 2.28 bits per heavy atom. The molecule has 1 rings (SSSR count). The van der Waals surface area contributed by atoms with Crippen LogP contribution < -0.4 is 20.7 Å². The molecule has 0 aliphatic heterocycles. The molecule has 0 aliphatic carbocycles. The van der Waals surface area contributed by atoms with Gasteiger partial charge in [0.2, 0.25) is 0 Å². The molecule has 0 saturated carbocycles. The first kappa shape index (κ1) is 14.3. The van der Waals surface area contributed by atoms with Crippen molar-refractivity contribution in [3.05, 3.63) is 23.8 Å². The summed E-state index contributed by atoms with van der Waals surface area (Å²) in [6.07, 6.45) is -0.249. The number of methoxy groups -OCH3 is 2. The molecule has 1 amide bonds. The van der Waals surface area contributed by atoms with E-state index >= 15 is 0 Å². The zero-order chi connectivity index (χ0) is 13.5. The Kier molecular flexibility index (Phi) is 5.41. The largest absolute Gasteiger partial charge is 0.497 e. The number of amides is 1. The van der Waals surface area contributed by atoms with Crippen LogP contribution in [0.5, 0.6) is 11.5 Å². The molecule has 0 aliphatic rings. The average molecular weight is 254 g/mol. The van der Waals surface area contributed by atoms with E-state index in [1.165, 1.54) is 14.2 Å². The van der Waals surface area contributed by atoms with Gasteiger partial charge in [-0.1, -0.05) is 0 Å². The molecule has 100 valence electrons. The maximum Gasteiger partial charge on any atom is 0.251 e. The van der Waals surface area contributed by atoms with E-state index in [1.807, 2.05) is 0 Å². The number of ether oxygens (including phenoxy) is 2. The summed E-state index contributed by atoms with van der Waals surface area (Å²) in [6, 6.07) is 4.96. The van der Waals surface area contributed by atoms with Crippen molar-refractivity contribution < 1.29 is 19.1 Å². The van der Waals surface area contributed by atoms with Gasteiger partial charge >= 0.3 is 0 Å². The molecule has 0 heterocycles. The summed E-state index contributed by atoms with van der Waals surface area (Å²) >= 11 is 0. The molecule has 0 fully saturated rings. The molecule has 0 aromatic heterocycles. The Hall–Kier alpha value is -1.79. The predicted octanol–water partition coefficient (Wildman–Crippen LogP) is 0.712. The van der Waals surface area contributed by atoms with Crippen LogP contribution in [0.4, 0.5) is 0 Å². The van der Waals surface area contributed by atoms with Gasteiger partial charge in [0, 0.05) is 18.2 Å². The lowest BCUT2D eigenvalue weighted by molar-refractivity contribution is 0.0622. The van der Waals surface area contributed by atoms with Crippen molar-refractivity contribution in [3.8, 4) is 11.5 Å². The summed E-state index contributed by atoms with van der Waals surface area (Å²) in [5.74, 6) is 5.87. The molecule has 6 heteroatoms. The van der Waals surface area contributed by atoms with Crippen LogP contribution in [0, 0.1) is 0 Å². The third-order valence-electron chi connectivity index (χ3n) is 2.40. The number of nitrogens with one attached hydrogen (secondary N) is 1. The van der Waals surface area contributed by atoms with Gasteiger partial charge < -0.3 is 14.8 Å². The quantitative estimate of drug-likeness (QED) is 0.731. The fourth-order valence-corrected chi connectivity index (χ4v) is 1.33. The van der Waals surface area contributed by atoms with Crippen molar-refractivity contribution in [2.75, 3.05) is 20.8 Å². The Morgan fingerprint density at radius 1 is 1.28 bits per heavy atom. The van der Waals surface area contributed by atoms with Gasteiger partial charge in [-0.3, -0.25) is 9.63 Å². The van der Waals surface area contributed by atoms with Crippen molar-refractivity contribution in [1.29, 1.82) is 0 Å². The zero-order valence-corrected chi connectivity index (χ0v) is 10.7. The van der Waals surface area contributed by atoms with Gasteiger partial charge in [0.15, 0.2) is 0 Å². The molecule has 18 heavy (non-hydrogen) atoms. The van der Waals surface area contributed by atoms with E-state index in [2.05, 4.69) is 10.2 Å². The number of carbonyl (C=O) groups excluding carboxylic acids is 1. The predicted molar refractivity (Wildman–Crippen MR) is 66.6 cm³/mol. The molecule has 3 N–H and O–H groups in total. The van der Waals surface area contributed by atoms with E-state index in [0.717, 1.165) is 0 Å². The smallest absolute Gasteiger partial charge is 0.251 e. The Balaban J connectivity index is 2.78. The van der Waals surface area contributed by atoms with Crippen molar-refractivity contribution in [2.24, 2.45) is 5.90 Å². The van der Waals surface area contributed by atoms with Crippen molar-refractivity contribution in [1.82, 2.24) is 5.32 Å². The van der Waals surface area contributed by atoms with E-state index in [-0.39, 0.29) is 12.0 Å². The summed E-state index contributed by atoms with van der Waals surface area (Å²) in [5, 5.41) is 2.70. The Bertz CT molecular complexity index is 387. The molecule has 1 aromatic carbocycles. The van der Waals surface area contributed by atoms with Gasteiger partial charge in [-0.15, -0.1) is 0 Å². The maximum atomic E-state index is 11.9. The van der Waals surface area contributed by atoms with E-state index in [4.69, 9.17) is 15.4 Å². The van der Waals surface area contributed by atoms with Crippen LogP contribution in [0.15, 0.2) is 18.2 Å². The van der Waals surface area contributed by atoms with Gasteiger partial charge in [0.05, 0.1) is 20.3 Å². The van der Waals surface area contributed by atoms with Gasteiger partial charge in [0.25, 0.3) is 5.91 Å². The van der Waals surface area contributed by atoms with Crippen molar-refractivity contribution >= 4 is 5.91 Å². The third-order valence-corrected chi connectivity index (χ3v) is 2.40. The van der Waals surface area contributed by atoms with Crippen LogP contribution in [-0.4, -0.2) is 32.8 Å². The monoisotopic (exact) mass is 254 g/mol. The molecule has 6 nitrogen and oxygen atoms in total. The lowest BCUT2D eigenvalue weighted by atomic mass is 10.2. The topological polar surface area (TPSA) is 82.8 Å². The molecule has 1 unspecified atom stereocenters. The normalized spacial score (nSPS) is 11.8. The SMILES string of the molecule is COc1cc(OC)cc(C(=O)NCC(C)ON)c1. The second-order valence-corrected chi connectivity index (χ2v) is 3.76. The van der Waals surface area contributed by atoms with E-state index in [0.29, 0.717) is 23.6 Å². The van der Waals surface area contributed by atoms with Crippen molar-refractivity contribution in [2.45, 2.75) is 13.0 Å². The average Bonchev–Trinajstić information content (AvgIpc) is 2.43. The number of hydrogen-bond donors (Lipinski definition) is 2. The highest BCUT2D eigenvalue weighted by atomic mass is 16.6. The first-order valence-corrected chi connectivity index (χ1v) is 5.47. The Labute approximate surface area is 106 Å². The maximum absolute atomic E-state index is 11.9. The first-order chi connectivity index (χ1) is 8.60. The zero-order valence-electron chi connectivity index (χ0n) is 10.7. The molecule has 0 radical (unpaired) electrons. The first-order valence-electron chi connectivity index (χ1n) is 5.47. The van der Waals surface area contributed by atoms with E-state index in [1.54, 1.807) is 25.1 Å². The molecular formula is C12H18N2O4. The number of benzene rings is 1. The standard InChI is InChI=1S/C12H18N2O4/c1-8(18-13)7-14-12(15)9-4-10(16-2)6-11(5-9)17-3/h4-6,8H,7,13H2,1-3H3,(H,14,15). The lowest BCUT2D eigenvalue weighted by Crippen LogP contribution is -2.33. The highest BCUT2D eigenvalue weighted by Crippen LogP contribution is 2.22. The Morgan fingerprint density at radius 2 is 1.83 bits per heavy atom. The van der Waals surface area contributed by atoms with Crippen LogP contribution >= 0.6 is 0 Å². The molecule has 0 spiro atoms. The summed E-state index contributed by atoms with van der Waals surface area (Å²) < 4.78 is 10.2. The minimum absolute atomic E-state index is 0.240. The van der Waals surface area contributed by atoms with Gasteiger partial charge in [-0.05, 0) is 19.1 Å². The van der Waals surface area contributed by atoms with Crippen LogP contribution in [0.1, 0.15) is 17.3 Å². The van der Waals surface area contributed by atoms with Crippen LogP contribution in [0.2, 0.25) is 0 Å². The fraction of sp³-hybridized carbons (Fsp3) is 0.417. The molecule has 0 saturated heterocycles. The minimum atomic E-state index is -0.249. The van der Waals surface area contributed by atoms with Gasteiger partial charge in [-0.25, -0.2) is 5.90 Å². The molecule has 1 aromatic rings.